The standard InChI is InChI=1S/C29H32Cl2N4O/c1-21-10-12-29(13-11-21,35-16-14-34(15-17-35)25-8-3-2-4-9-25)23-6-5-7-24(19-23)33-28(36)22-18-26(30)27(31)32-20-22/h2-9,18-21H,10-17H2,1H3,(H,33,36). The third-order valence-corrected chi connectivity index (χ3v) is 8.51. The van der Waals surface area contributed by atoms with Crippen molar-refractivity contribution >= 4 is 40.5 Å². The van der Waals surface area contributed by atoms with Crippen LogP contribution >= 0.6 is 23.2 Å². The number of carbonyl (C=O) groups excluding carboxylic acids is 1. The van der Waals surface area contributed by atoms with Crippen molar-refractivity contribution in [1.29, 1.82) is 0 Å². The third-order valence-electron chi connectivity index (χ3n) is 7.82. The predicted molar refractivity (Wildman–Crippen MR) is 148 cm³/mol. The molecule has 1 aliphatic heterocycles. The van der Waals surface area contributed by atoms with E-state index in [1.165, 1.54) is 30.3 Å². The first-order valence-electron chi connectivity index (χ1n) is 12.7. The third kappa shape index (κ3) is 5.24. The van der Waals surface area contributed by atoms with Gasteiger partial charge < -0.3 is 10.2 Å². The van der Waals surface area contributed by atoms with Crippen LogP contribution in [-0.4, -0.2) is 42.0 Å². The van der Waals surface area contributed by atoms with Gasteiger partial charge in [-0.15, -0.1) is 0 Å². The minimum absolute atomic E-state index is 0.0127. The van der Waals surface area contributed by atoms with E-state index >= 15 is 0 Å². The van der Waals surface area contributed by atoms with Crippen molar-refractivity contribution in [3.05, 3.63) is 88.2 Å². The van der Waals surface area contributed by atoms with Gasteiger partial charge in [-0.25, -0.2) is 4.98 Å². The van der Waals surface area contributed by atoms with Crippen LogP contribution in [-0.2, 0) is 5.54 Å². The number of pyridine rings is 1. The van der Waals surface area contributed by atoms with Crippen LogP contribution in [0.1, 0.15) is 48.5 Å². The molecule has 1 saturated heterocycles. The van der Waals surface area contributed by atoms with Gasteiger partial charge in [-0.05, 0) is 67.5 Å². The molecular formula is C29H32Cl2N4O. The summed E-state index contributed by atoms with van der Waals surface area (Å²) in [6.45, 7) is 6.44. The molecule has 36 heavy (non-hydrogen) atoms. The summed E-state index contributed by atoms with van der Waals surface area (Å²) in [5.41, 5.74) is 3.73. The maximum Gasteiger partial charge on any atom is 0.257 e. The Kier molecular flexibility index (Phi) is 7.52. The number of anilines is 2. The number of amides is 1. The second kappa shape index (κ2) is 10.8. The first kappa shape index (κ1) is 25.1. The van der Waals surface area contributed by atoms with Gasteiger partial charge in [0.15, 0.2) is 0 Å². The molecular weight excluding hydrogens is 491 g/mol. The highest BCUT2D eigenvalue weighted by Gasteiger charge is 2.42. The number of hydrogen-bond acceptors (Lipinski definition) is 4. The van der Waals surface area contributed by atoms with E-state index in [2.05, 4.69) is 75.6 Å². The predicted octanol–water partition coefficient (Wildman–Crippen LogP) is 6.87. The highest BCUT2D eigenvalue weighted by Crippen LogP contribution is 2.45. The van der Waals surface area contributed by atoms with E-state index < -0.39 is 0 Å². The monoisotopic (exact) mass is 522 g/mol. The van der Waals surface area contributed by atoms with Crippen LogP contribution in [0.3, 0.4) is 0 Å². The molecule has 2 heterocycles. The molecule has 1 aliphatic carbocycles. The van der Waals surface area contributed by atoms with Crippen molar-refractivity contribution in [1.82, 2.24) is 9.88 Å². The Labute approximate surface area is 223 Å². The minimum Gasteiger partial charge on any atom is -0.369 e. The smallest absolute Gasteiger partial charge is 0.257 e. The van der Waals surface area contributed by atoms with Gasteiger partial charge >= 0.3 is 0 Å². The van der Waals surface area contributed by atoms with E-state index in [0.29, 0.717) is 5.56 Å². The molecule has 0 radical (unpaired) electrons. The minimum atomic E-state index is -0.249. The summed E-state index contributed by atoms with van der Waals surface area (Å²) in [5, 5.41) is 3.49. The summed E-state index contributed by atoms with van der Waals surface area (Å²) in [4.78, 5) is 22.1. The Morgan fingerprint density at radius 2 is 1.69 bits per heavy atom. The fourth-order valence-corrected chi connectivity index (χ4v) is 5.96. The van der Waals surface area contributed by atoms with Gasteiger partial charge in [-0.3, -0.25) is 9.69 Å². The van der Waals surface area contributed by atoms with E-state index in [4.69, 9.17) is 23.2 Å². The molecule has 0 unspecified atom stereocenters. The van der Waals surface area contributed by atoms with E-state index in [1.54, 1.807) is 6.07 Å². The van der Waals surface area contributed by atoms with Crippen LogP contribution < -0.4 is 10.2 Å². The number of piperazine rings is 1. The molecule has 1 amide bonds. The van der Waals surface area contributed by atoms with Crippen molar-refractivity contribution < 1.29 is 4.79 Å². The molecule has 0 atom stereocenters. The number of hydrogen-bond donors (Lipinski definition) is 1. The van der Waals surface area contributed by atoms with Crippen molar-refractivity contribution in [2.45, 2.75) is 38.1 Å². The number of aromatic nitrogens is 1. The fraction of sp³-hybridized carbons (Fsp3) is 0.379. The highest BCUT2D eigenvalue weighted by atomic mass is 35.5. The highest BCUT2D eigenvalue weighted by molar-refractivity contribution is 6.41. The zero-order valence-corrected chi connectivity index (χ0v) is 22.1. The lowest BCUT2D eigenvalue weighted by molar-refractivity contribution is 0.0299. The summed E-state index contributed by atoms with van der Waals surface area (Å²) in [6, 6.07) is 20.6. The molecule has 3 aromatic rings. The topological polar surface area (TPSA) is 48.5 Å². The number of carbonyl (C=O) groups is 1. The molecule has 0 bridgehead atoms. The van der Waals surface area contributed by atoms with Gasteiger partial charge in [0.25, 0.3) is 5.91 Å². The molecule has 5 nitrogen and oxygen atoms in total. The number of nitrogens with zero attached hydrogens (tertiary/aromatic N) is 3. The number of nitrogens with one attached hydrogen (secondary N) is 1. The average molecular weight is 524 g/mol. The van der Waals surface area contributed by atoms with Gasteiger partial charge in [-0.1, -0.05) is 60.5 Å². The Hall–Kier alpha value is -2.60. The zero-order valence-electron chi connectivity index (χ0n) is 20.6. The molecule has 0 spiro atoms. The lowest BCUT2D eigenvalue weighted by atomic mass is 9.71. The summed E-state index contributed by atoms with van der Waals surface area (Å²) in [6.07, 6.45) is 6.14. The summed E-state index contributed by atoms with van der Waals surface area (Å²) < 4.78 is 0. The Bertz CT molecular complexity index is 1200. The van der Waals surface area contributed by atoms with Crippen molar-refractivity contribution in [3.63, 3.8) is 0 Å². The number of halogens is 2. The molecule has 1 saturated carbocycles. The van der Waals surface area contributed by atoms with Gasteiger partial charge in [0, 0.05) is 49.3 Å². The van der Waals surface area contributed by atoms with Crippen LogP contribution in [0, 0.1) is 5.92 Å². The SMILES string of the molecule is CC1CCC(c2cccc(NC(=O)c3cnc(Cl)c(Cl)c3)c2)(N2CCN(c3ccccc3)CC2)CC1. The molecule has 5 rings (SSSR count). The number of para-hydroxylation sites is 1. The quantitative estimate of drug-likeness (QED) is 0.371. The zero-order chi connectivity index (χ0) is 25.1. The van der Waals surface area contributed by atoms with Crippen molar-refractivity contribution in [2.75, 3.05) is 36.4 Å². The summed E-state index contributed by atoms with van der Waals surface area (Å²) in [7, 11) is 0. The second-order valence-corrected chi connectivity index (χ2v) is 10.8. The Morgan fingerprint density at radius 1 is 0.972 bits per heavy atom. The summed E-state index contributed by atoms with van der Waals surface area (Å²) >= 11 is 12.0. The Balaban J connectivity index is 1.37. The first-order valence-corrected chi connectivity index (χ1v) is 13.5. The number of rotatable bonds is 5. The fourth-order valence-electron chi connectivity index (χ4n) is 5.69. The van der Waals surface area contributed by atoms with Crippen LogP contribution in [0.4, 0.5) is 11.4 Å². The van der Waals surface area contributed by atoms with Crippen molar-refractivity contribution in [3.8, 4) is 0 Å². The molecule has 188 valence electrons. The summed E-state index contributed by atoms with van der Waals surface area (Å²) in [5.74, 6) is 0.495. The van der Waals surface area contributed by atoms with Gasteiger partial charge in [0.05, 0.1) is 10.6 Å². The van der Waals surface area contributed by atoms with Gasteiger partial charge in [0.2, 0.25) is 0 Å². The van der Waals surface area contributed by atoms with Crippen LogP contribution in [0.5, 0.6) is 0 Å². The lowest BCUT2D eigenvalue weighted by Gasteiger charge is -2.51. The van der Waals surface area contributed by atoms with Gasteiger partial charge in [0.1, 0.15) is 5.15 Å². The molecule has 1 aromatic heterocycles. The van der Waals surface area contributed by atoms with Crippen LogP contribution in [0.25, 0.3) is 0 Å². The molecule has 2 fully saturated rings. The maximum atomic E-state index is 12.9. The first-order chi connectivity index (χ1) is 17.4. The molecule has 2 aromatic carbocycles. The Morgan fingerprint density at radius 3 is 2.39 bits per heavy atom. The largest absolute Gasteiger partial charge is 0.369 e. The molecule has 2 aliphatic rings. The van der Waals surface area contributed by atoms with E-state index in [9.17, 15) is 4.79 Å². The maximum absolute atomic E-state index is 12.9. The normalized spacial score (nSPS) is 22.9. The molecule has 7 heteroatoms. The van der Waals surface area contributed by atoms with Crippen molar-refractivity contribution in [2.24, 2.45) is 5.92 Å². The van der Waals surface area contributed by atoms with E-state index in [1.807, 2.05) is 6.07 Å². The second-order valence-electron chi connectivity index (χ2n) is 10.1. The van der Waals surface area contributed by atoms with E-state index in [0.717, 1.165) is 50.6 Å². The van der Waals surface area contributed by atoms with Crippen LogP contribution in [0.15, 0.2) is 66.9 Å². The van der Waals surface area contributed by atoms with Crippen LogP contribution in [0.2, 0.25) is 10.2 Å². The average Bonchev–Trinajstić information content (AvgIpc) is 2.91. The van der Waals surface area contributed by atoms with Gasteiger partial charge in [-0.2, -0.15) is 0 Å². The lowest BCUT2D eigenvalue weighted by Crippen LogP contribution is -2.56. The number of benzene rings is 2. The van der Waals surface area contributed by atoms with E-state index in [-0.39, 0.29) is 21.6 Å². The molecule has 1 N–H and O–H groups in total.